The van der Waals surface area contributed by atoms with Gasteiger partial charge in [0.2, 0.25) is 0 Å². The van der Waals surface area contributed by atoms with Gasteiger partial charge in [-0.1, -0.05) is 13.3 Å². The molecule has 2 rings (SSSR count). The lowest BCUT2D eigenvalue weighted by Gasteiger charge is -2.24. The van der Waals surface area contributed by atoms with Crippen molar-refractivity contribution >= 4 is 12.0 Å². The first-order chi connectivity index (χ1) is 8.97. The topological polar surface area (TPSA) is 69.6 Å². The van der Waals surface area contributed by atoms with E-state index in [2.05, 4.69) is 5.32 Å². The number of carboxylic acid groups (broad SMARTS) is 1. The summed E-state index contributed by atoms with van der Waals surface area (Å²) >= 11 is 0. The van der Waals surface area contributed by atoms with Gasteiger partial charge in [-0.3, -0.25) is 4.79 Å². The summed E-state index contributed by atoms with van der Waals surface area (Å²) in [6.07, 6.45) is 5.27. The molecular weight excluding hydrogens is 244 g/mol. The molecule has 0 heterocycles. The van der Waals surface area contributed by atoms with Gasteiger partial charge in [0.15, 0.2) is 0 Å². The molecule has 0 spiro atoms. The van der Waals surface area contributed by atoms with Crippen molar-refractivity contribution < 1.29 is 14.7 Å². The Morgan fingerprint density at radius 1 is 1.37 bits per heavy atom. The quantitative estimate of drug-likeness (QED) is 0.798. The lowest BCUT2D eigenvalue weighted by Crippen LogP contribution is -2.43. The zero-order valence-electron chi connectivity index (χ0n) is 11.8. The number of carbonyl (C=O) groups is 2. The second-order valence-electron chi connectivity index (χ2n) is 6.24. The van der Waals surface area contributed by atoms with Crippen LogP contribution in [-0.4, -0.2) is 42.1 Å². The highest BCUT2D eigenvalue weighted by Gasteiger charge is 2.39. The van der Waals surface area contributed by atoms with Crippen molar-refractivity contribution in [3.63, 3.8) is 0 Å². The molecule has 0 saturated heterocycles. The molecule has 5 nitrogen and oxygen atoms in total. The van der Waals surface area contributed by atoms with E-state index < -0.39 is 11.9 Å². The van der Waals surface area contributed by atoms with Gasteiger partial charge in [0.05, 0.1) is 5.92 Å². The third-order valence-corrected chi connectivity index (χ3v) is 4.72. The first kappa shape index (κ1) is 14.2. The van der Waals surface area contributed by atoms with Crippen LogP contribution in [-0.2, 0) is 4.79 Å². The van der Waals surface area contributed by atoms with E-state index in [1.807, 2.05) is 0 Å². The molecule has 2 aliphatic carbocycles. The third kappa shape index (κ3) is 3.39. The van der Waals surface area contributed by atoms with E-state index in [1.54, 1.807) is 14.0 Å². The first-order valence-corrected chi connectivity index (χ1v) is 7.19. The van der Waals surface area contributed by atoms with Crippen LogP contribution >= 0.6 is 0 Å². The van der Waals surface area contributed by atoms with Gasteiger partial charge in [-0.2, -0.15) is 0 Å². The van der Waals surface area contributed by atoms with Crippen molar-refractivity contribution in [3.8, 4) is 0 Å². The van der Waals surface area contributed by atoms with Gasteiger partial charge < -0.3 is 15.3 Å². The van der Waals surface area contributed by atoms with Crippen LogP contribution in [0.3, 0.4) is 0 Å². The summed E-state index contributed by atoms with van der Waals surface area (Å²) in [6, 6.07) is -0.157. The van der Waals surface area contributed by atoms with Crippen molar-refractivity contribution in [1.82, 2.24) is 10.2 Å². The van der Waals surface area contributed by atoms with Gasteiger partial charge in [-0.05, 0) is 37.0 Å². The van der Waals surface area contributed by atoms with Crippen LogP contribution in [0.15, 0.2) is 0 Å². The van der Waals surface area contributed by atoms with Gasteiger partial charge in [0.1, 0.15) is 0 Å². The number of carboxylic acids is 1. The molecular formula is C14H24N2O3. The van der Waals surface area contributed by atoms with Crippen molar-refractivity contribution in [2.24, 2.45) is 23.7 Å². The second kappa shape index (κ2) is 5.80. The Morgan fingerprint density at radius 2 is 2.11 bits per heavy atom. The number of urea groups is 1. The van der Waals surface area contributed by atoms with Gasteiger partial charge in [0.25, 0.3) is 0 Å². The fourth-order valence-electron chi connectivity index (χ4n) is 3.55. The maximum atomic E-state index is 11.9. The molecule has 4 unspecified atom stereocenters. The Labute approximate surface area is 114 Å². The van der Waals surface area contributed by atoms with Crippen LogP contribution < -0.4 is 5.32 Å². The Bertz CT molecular complexity index is 359. The Morgan fingerprint density at radius 3 is 2.63 bits per heavy atom. The summed E-state index contributed by atoms with van der Waals surface area (Å²) < 4.78 is 0. The molecule has 19 heavy (non-hydrogen) atoms. The van der Waals surface area contributed by atoms with Crippen LogP contribution in [0.2, 0.25) is 0 Å². The maximum absolute atomic E-state index is 11.9. The SMILES string of the molecule is CC(CN(C)C(=O)NCC1CC2CCC1C2)C(=O)O. The maximum Gasteiger partial charge on any atom is 0.317 e. The molecule has 2 aliphatic rings. The van der Waals surface area contributed by atoms with E-state index in [4.69, 9.17) is 5.11 Å². The minimum Gasteiger partial charge on any atom is -0.481 e. The summed E-state index contributed by atoms with van der Waals surface area (Å²) in [4.78, 5) is 24.1. The number of nitrogens with zero attached hydrogens (tertiary/aromatic N) is 1. The average Bonchev–Trinajstić information content (AvgIpc) is 2.97. The van der Waals surface area contributed by atoms with Crippen molar-refractivity contribution in [1.29, 1.82) is 0 Å². The molecule has 0 aliphatic heterocycles. The Kier molecular flexibility index (Phi) is 4.32. The lowest BCUT2D eigenvalue weighted by molar-refractivity contribution is -0.141. The number of hydrogen-bond acceptors (Lipinski definition) is 2. The number of hydrogen-bond donors (Lipinski definition) is 2. The van der Waals surface area contributed by atoms with E-state index >= 15 is 0 Å². The zero-order valence-corrected chi connectivity index (χ0v) is 11.8. The zero-order chi connectivity index (χ0) is 14.0. The van der Waals surface area contributed by atoms with Crippen LogP contribution in [0.25, 0.3) is 0 Å². The third-order valence-electron chi connectivity index (χ3n) is 4.72. The summed E-state index contributed by atoms with van der Waals surface area (Å²) in [6.45, 7) is 2.60. The molecule has 2 amide bonds. The molecule has 2 N–H and O–H groups in total. The summed E-state index contributed by atoms with van der Waals surface area (Å²) in [5.41, 5.74) is 0. The highest BCUT2D eigenvalue weighted by atomic mass is 16.4. The number of fused-ring (bicyclic) bond motifs is 2. The highest BCUT2D eigenvalue weighted by molar-refractivity contribution is 5.75. The van der Waals surface area contributed by atoms with Crippen molar-refractivity contribution in [2.75, 3.05) is 20.1 Å². The average molecular weight is 268 g/mol. The number of rotatable bonds is 5. The highest BCUT2D eigenvalue weighted by Crippen LogP contribution is 2.47. The standard InChI is InChI=1S/C14H24N2O3/c1-9(13(17)18)8-16(2)14(19)15-7-12-6-10-3-4-11(12)5-10/h9-12H,3-8H2,1-2H3,(H,15,19)(H,17,18). The predicted octanol–water partition coefficient (Wildman–Crippen LogP) is 1.78. The van der Waals surface area contributed by atoms with Crippen molar-refractivity contribution in [3.05, 3.63) is 0 Å². The Balaban J connectivity index is 1.70. The monoisotopic (exact) mass is 268 g/mol. The molecule has 0 radical (unpaired) electrons. The molecule has 2 saturated carbocycles. The minimum absolute atomic E-state index is 0.157. The first-order valence-electron chi connectivity index (χ1n) is 7.19. The molecule has 4 atom stereocenters. The minimum atomic E-state index is -0.868. The van der Waals surface area contributed by atoms with E-state index in [0.717, 1.165) is 18.4 Å². The fraction of sp³-hybridized carbons (Fsp3) is 0.857. The molecule has 2 fully saturated rings. The van der Waals surface area contributed by atoms with Gasteiger partial charge in [-0.25, -0.2) is 4.79 Å². The van der Waals surface area contributed by atoms with Gasteiger partial charge in [0, 0.05) is 20.1 Å². The molecule has 0 aromatic heterocycles. The predicted molar refractivity (Wildman–Crippen MR) is 71.8 cm³/mol. The van der Waals surface area contributed by atoms with Gasteiger partial charge >= 0.3 is 12.0 Å². The second-order valence-corrected chi connectivity index (χ2v) is 6.24. The summed E-state index contributed by atoms with van der Waals surface area (Å²) in [7, 11) is 1.65. The largest absolute Gasteiger partial charge is 0.481 e. The molecule has 5 heteroatoms. The van der Waals surface area contributed by atoms with Crippen LogP contribution in [0.4, 0.5) is 4.79 Å². The van der Waals surface area contributed by atoms with E-state index in [0.29, 0.717) is 5.92 Å². The van der Waals surface area contributed by atoms with E-state index in [9.17, 15) is 9.59 Å². The fourth-order valence-corrected chi connectivity index (χ4v) is 3.55. The number of aliphatic carboxylic acids is 1. The van der Waals surface area contributed by atoms with Crippen LogP contribution in [0, 0.1) is 23.7 Å². The molecule has 108 valence electrons. The van der Waals surface area contributed by atoms with E-state index in [-0.39, 0.29) is 12.6 Å². The number of amides is 2. The molecule has 0 aromatic carbocycles. The van der Waals surface area contributed by atoms with E-state index in [1.165, 1.54) is 30.6 Å². The summed E-state index contributed by atoms with van der Waals surface area (Å²) in [5.74, 6) is 0.921. The smallest absolute Gasteiger partial charge is 0.317 e. The molecule has 0 aromatic rings. The lowest BCUT2D eigenvalue weighted by atomic mass is 9.89. The van der Waals surface area contributed by atoms with Crippen molar-refractivity contribution in [2.45, 2.75) is 32.6 Å². The Hall–Kier alpha value is -1.26. The van der Waals surface area contributed by atoms with Crippen LogP contribution in [0.1, 0.15) is 32.6 Å². The van der Waals surface area contributed by atoms with Crippen LogP contribution in [0.5, 0.6) is 0 Å². The molecule has 2 bridgehead atoms. The normalized spacial score (nSPS) is 30.1. The number of carbonyl (C=O) groups excluding carboxylic acids is 1. The van der Waals surface area contributed by atoms with Gasteiger partial charge in [-0.15, -0.1) is 0 Å². The summed E-state index contributed by atoms with van der Waals surface area (Å²) in [5, 5.41) is 11.8. The number of nitrogens with one attached hydrogen (secondary N) is 1.